The number of nitrogen functional groups attached to an aromatic ring is 1. The summed E-state index contributed by atoms with van der Waals surface area (Å²) < 4.78 is 51.1. The molecule has 3 aromatic carbocycles. The largest absolute Gasteiger partial charge is 0.461 e. The van der Waals surface area contributed by atoms with E-state index in [1.807, 2.05) is 12.1 Å². The molecular formula is C35H33F3N6O. The normalized spacial score (nSPS) is 25.7. The Morgan fingerprint density at radius 2 is 1.91 bits per heavy atom. The van der Waals surface area contributed by atoms with E-state index >= 15 is 4.39 Å². The van der Waals surface area contributed by atoms with Gasteiger partial charge in [-0.25, -0.2) is 13.2 Å². The highest BCUT2D eigenvalue weighted by Gasteiger charge is 2.49. The molecule has 3 saturated heterocycles. The van der Waals surface area contributed by atoms with Crippen LogP contribution in [-0.2, 0) is 6.67 Å². The van der Waals surface area contributed by atoms with E-state index in [4.69, 9.17) is 26.9 Å². The van der Waals surface area contributed by atoms with Crippen LogP contribution in [0.1, 0.15) is 30.4 Å². The Labute approximate surface area is 259 Å². The van der Waals surface area contributed by atoms with E-state index in [0.29, 0.717) is 75.9 Å². The first kappa shape index (κ1) is 28.2. The van der Waals surface area contributed by atoms with Crippen molar-refractivity contribution < 1.29 is 17.9 Å². The lowest BCUT2D eigenvalue weighted by Crippen LogP contribution is -2.52. The molecule has 7 nitrogen and oxygen atoms in total. The standard InChI is InChI=1S/C35H33F3N6O/c1-2-25-30(38)9-4-20-12-22(39)13-28(31(20)25)26-7-8-27-32(29(26)15-36)41-34(42-33(27)43-17-23-5-6-24(18-43)40-23)45-19-35-10-3-11-44(35)16-21(37)14-35/h1,4-9,12-13,21,23-24,40H,3,10-11,14-19,39H2/t21-,23?,24?,35+/m1/s1. The molecule has 5 heterocycles. The van der Waals surface area contributed by atoms with E-state index in [2.05, 4.69) is 33.2 Å². The number of hydrogen-bond acceptors (Lipinski definition) is 7. The summed E-state index contributed by atoms with van der Waals surface area (Å²) in [4.78, 5) is 14.1. The molecular weight excluding hydrogens is 577 g/mol. The number of nitrogens with zero attached hydrogens (tertiary/aromatic N) is 4. The molecule has 0 radical (unpaired) electrons. The number of fused-ring (bicyclic) bond motifs is 5. The Bertz CT molecular complexity index is 1910. The van der Waals surface area contributed by atoms with Gasteiger partial charge in [-0.2, -0.15) is 9.97 Å². The fourth-order valence-electron chi connectivity index (χ4n) is 7.98. The Kier molecular flexibility index (Phi) is 6.66. The molecule has 3 N–H and O–H groups in total. The van der Waals surface area contributed by atoms with Crippen LogP contribution in [0.3, 0.4) is 0 Å². The van der Waals surface area contributed by atoms with E-state index in [1.54, 1.807) is 18.2 Å². The first-order valence-corrected chi connectivity index (χ1v) is 15.5. The predicted octanol–water partition coefficient (Wildman–Crippen LogP) is 5.29. The van der Waals surface area contributed by atoms with E-state index < -0.39 is 24.2 Å². The topological polar surface area (TPSA) is 79.5 Å². The maximum absolute atomic E-state index is 15.3. The zero-order valence-electron chi connectivity index (χ0n) is 24.7. The molecule has 2 bridgehead atoms. The van der Waals surface area contributed by atoms with Crippen LogP contribution in [0.2, 0.25) is 0 Å². The van der Waals surface area contributed by atoms with Gasteiger partial charge in [-0.3, -0.25) is 4.90 Å². The molecule has 1 aromatic heterocycles. The third-order valence-corrected chi connectivity index (χ3v) is 9.96. The summed E-state index contributed by atoms with van der Waals surface area (Å²) in [5.74, 6) is 2.59. The molecule has 0 saturated carbocycles. The number of anilines is 2. The quantitative estimate of drug-likeness (QED) is 0.174. The van der Waals surface area contributed by atoms with Crippen molar-refractivity contribution in [1.29, 1.82) is 0 Å². The fourth-order valence-corrected chi connectivity index (χ4v) is 7.98. The first-order valence-electron chi connectivity index (χ1n) is 15.5. The number of ether oxygens (including phenoxy) is 1. The lowest BCUT2D eigenvalue weighted by molar-refractivity contribution is 0.107. The molecule has 0 spiro atoms. The number of benzene rings is 3. The molecule has 230 valence electrons. The number of hydrogen-bond donors (Lipinski definition) is 2. The van der Waals surface area contributed by atoms with Gasteiger partial charge in [-0.15, -0.1) is 6.42 Å². The zero-order chi connectivity index (χ0) is 30.9. The van der Waals surface area contributed by atoms with Crippen molar-refractivity contribution in [1.82, 2.24) is 20.2 Å². The summed E-state index contributed by atoms with van der Waals surface area (Å²) in [6, 6.07) is 10.5. The highest BCUT2D eigenvalue weighted by atomic mass is 19.1. The molecule has 0 aliphatic carbocycles. The fraction of sp³-hybridized carbons (Fsp3) is 0.371. The average Bonchev–Trinajstić information content (AvgIpc) is 3.68. The first-order chi connectivity index (χ1) is 21.9. The molecule has 10 heteroatoms. The van der Waals surface area contributed by atoms with Crippen LogP contribution in [0, 0.1) is 18.2 Å². The van der Waals surface area contributed by atoms with Crippen molar-refractivity contribution in [3.05, 3.63) is 65.5 Å². The summed E-state index contributed by atoms with van der Waals surface area (Å²) in [5.41, 5.74) is 8.18. The third kappa shape index (κ3) is 4.60. The summed E-state index contributed by atoms with van der Waals surface area (Å²) in [6.45, 7) is 2.01. The number of halogens is 3. The van der Waals surface area contributed by atoms with Gasteiger partial charge in [-0.05, 0) is 60.2 Å². The molecule has 8 rings (SSSR count). The van der Waals surface area contributed by atoms with E-state index in [1.165, 1.54) is 6.07 Å². The second-order valence-electron chi connectivity index (χ2n) is 12.7. The second kappa shape index (κ2) is 10.6. The minimum atomic E-state index is -0.891. The number of aromatic nitrogens is 2. The molecule has 3 fully saturated rings. The second-order valence-corrected chi connectivity index (χ2v) is 12.7. The monoisotopic (exact) mass is 610 g/mol. The van der Waals surface area contributed by atoms with E-state index in [0.717, 1.165) is 19.4 Å². The molecule has 4 aliphatic heterocycles. The number of nitrogens with one attached hydrogen (secondary N) is 1. The van der Waals surface area contributed by atoms with Gasteiger partial charge >= 0.3 is 6.01 Å². The van der Waals surface area contributed by atoms with Crippen LogP contribution in [0.5, 0.6) is 6.01 Å². The smallest absolute Gasteiger partial charge is 0.319 e. The van der Waals surface area contributed by atoms with Crippen molar-refractivity contribution in [3.63, 3.8) is 0 Å². The third-order valence-electron chi connectivity index (χ3n) is 9.96. The number of piperazine rings is 1. The molecule has 4 aliphatic rings. The lowest BCUT2D eigenvalue weighted by Gasteiger charge is -2.35. The van der Waals surface area contributed by atoms with Gasteiger partial charge in [0.05, 0.1) is 16.6 Å². The van der Waals surface area contributed by atoms with E-state index in [-0.39, 0.29) is 30.3 Å². The Balaban J connectivity index is 1.30. The minimum absolute atomic E-state index is 0.0895. The summed E-state index contributed by atoms with van der Waals surface area (Å²) >= 11 is 0. The number of nitrogens with two attached hydrogens (primary N) is 1. The van der Waals surface area contributed by atoms with Gasteiger partial charge < -0.3 is 20.7 Å². The zero-order valence-corrected chi connectivity index (χ0v) is 24.7. The van der Waals surface area contributed by atoms with Crippen molar-refractivity contribution in [2.75, 3.05) is 43.4 Å². The highest BCUT2D eigenvalue weighted by molar-refractivity contribution is 6.06. The SMILES string of the molecule is C#Cc1c(F)ccc2cc(N)cc(-c3ccc4c(N5CC6C=CC(C5)N6)nc(OC[C@@]56CCCN5C[C@H](F)C6)nc4c3CF)c12. The Morgan fingerprint density at radius 1 is 1.09 bits per heavy atom. The minimum Gasteiger partial charge on any atom is -0.461 e. The van der Waals surface area contributed by atoms with Crippen molar-refractivity contribution >= 4 is 33.2 Å². The summed E-state index contributed by atoms with van der Waals surface area (Å²) in [6.07, 6.45) is 11.4. The van der Waals surface area contributed by atoms with Gasteiger partial charge in [0, 0.05) is 60.2 Å². The van der Waals surface area contributed by atoms with Gasteiger partial charge in [0.25, 0.3) is 0 Å². The Morgan fingerprint density at radius 3 is 2.69 bits per heavy atom. The molecule has 2 unspecified atom stereocenters. The summed E-state index contributed by atoms with van der Waals surface area (Å²) in [5, 5.41) is 5.37. The van der Waals surface area contributed by atoms with Gasteiger partial charge in [-0.1, -0.05) is 30.2 Å². The van der Waals surface area contributed by atoms with Crippen LogP contribution in [0.4, 0.5) is 24.7 Å². The van der Waals surface area contributed by atoms with Gasteiger partial charge in [0.1, 0.15) is 31.1 Å². The molecule has 0 amide bonds. The number of rotatable bonds is 6. The van der Waals surface area contributed by atoms with Crippen LogP contribution < -0.4 is 20.7 Å². The van der Waals surface area contributed by atoms with Crippen molar-refractivity contribution in [2.45, 2.75) is 49.7 Å². The number of alkyl halides is 2. The van der Waals surface area contributed by atoms with Crippen LogP contribution >= 0.6 is 0 Å². The van der Waals surface area contributed by atoms with E-state index in [9.17, 15) is 8.78 Å². The molecule has 4 aromatic rings. The Hall–Kier alpha value is -4.33. The van der Waals surface area contributed by atoms with Crippen molar-refractivity contribution in [3.8, 4) is 29.5 Å². The average molecular weight is 611 g/mol. The maximum Gasteiger partial charge on any atom is 0.319 e. The highest BCUT2D eigenvalue weighted by Crippen LogP contribution is 2.42. The van der Waals surface area contributed by atoms with Crippen LogP contribution in [0.15, 0.2) is 48.6 Å². The number of terminal acetylenes is 1. The van der Waals surface area contributed by atoms with Crippen LogP contribution in [-0.4, -0.2) is 71.4 Å². The molecule has 45 heavy (non-hydrogen) atoms. The molecule has 4 atom stereocenters. The summed E-state index contributed by atoms with van der Waals surface area (Å²) in [7, 11) is 0. The lowest BCUT2D eigenvalue weighted by atomic mass is 9.90. The van der Waals surface area contributed by atoms with Crippen molar-refractivity contribution in [2.24, 2.45) is 0 Å². The predicted molar refractivity (Wildman–Crippen MR) is 170 cm³/mol. The van der Waals surface area contributed by atoms with Gasteiger partial charge in [0.15, 0.2) is 0 Å². The maximum atomic E-state index is 15.3. The van der Waals surface area contributed by atoms with Crippen LogP contribution in [0.25, 0.3) is 32.8 Å². The van der Waals surface area contributed by atoms with Gasteiger partial charge in [0.2, 0.25) is 0 Å².